The van der Waals surface area contributed by atoms with E-state index in [1.165, 1.54) is 18.2 Å². The average molecular weight is 1200 g/mol. The first-order valence-electron chi connectivity index (χ1n) is 22.7. The van der Waals surface area contributed by atoms with E-state index in [0.717, 1.165) is 12.1 Å². The van der Waals surface area contributed by atoms with Crippen molar-refractivity contribution < 1.29 is 96.2 Å². The Morgan fingerprint density at radius 1 is 0.592 bits per heavy atom. The van der Waals surface area contributed by atoms with Crippen LogP contribution in [-0.2, 0) is 86.3 Å². The number of aliphatic carboxylic acids is 1. The fourth-order valence-electron chi connectivity index (χ4n) is 9.63. The van der Waals surface area contributed by atoms with Gasteiger partial charge in [-0.1, -0.05) is 32.4 Å². The van der Waals surface area contributed by atoms with Crippen molar-refractivity contribution in [1.82, 2.24) is 9.44 Å². The van der Waals surface area contributed by atoms with Crippen molar-refractivity contribution in [3.63, 3.8) is 0 Å². The lowest BCUT2D eigenvalue weighted by molar-refractivity contribution is -0.437. The van der Waals surface area contributed by atoms with Gasteiger partial charge < -0.3 is 10.0 Å². The van der Waals surface area contributed by atoms with Gasteiger partial charge in [0.15, 0.2) is 5.71 Å². The lowest BCUT2D eigenvalue weighted by Gasteiger charge is -2.27. The van der Waals surface area contributed by atoms with E-state index in [1.807, 2.05) is 14.3 Å². The third-order valence-corrected chi connectivity index (χ3v) is 19.7. The minimum atomic E-state index is -5.15. The van der Waals surface area contributed by atoms with Gasteiger partial charge >= 0.3 is 5.97 Å². The Kier molecular flexibility index (Phi) is 17.0. The zero-order valence-electron chi connectivity index (χ0n) is 40.9. The predicted molar refractivity (Wildman–Crippen MR) is 278 cm³/mol. The Morgan fingerprint density at radius 3 is 1.55 bits per heavy atom. The summed E-state index contributed by atoms with van der Waals surface area (Å²) in [6, 6.07) is 9.21. The Bertz CT molecular complexity index is 3980. The molecule has 0 bridgehead atoms. The Hall–Kier alpha value is -4.81. The second-order valence-corrected chi connectivity index (χ2v) is 30.0. The molecule has 0 saturated heterocycles. The smallest absolute Gasteiger partial charge is 0.303 e. The fraction of sp³-hybridized carbons (Fsp3) is 0.409. The van der Waals surface area contributed by atoms with Gasteiger partial charge in [-0.05, 0) is 85.5 Å². The summed E-state index contributed by atoms with van der Waals surface area (Å²) in [4.78, 5) is 10.1. The van der Waals surface area contributed by atoms with E-state index in [2.05, 4.69) is 0 Å². The number of fused-ring (bicyclic) bond motifs is 6. The number of anilines is 1. The summed E-state index contributed by atoms with van der Waals surface area (Å²) in [5.41, 5.74) is -0.166. The highest BCUT2D eigenvalue weighted by Gasteiger charge is 2.47. The van der Waals surface area contributed by atoms with Crippen LogP contribution in [0, 0.1) is 0 Å². The number of hydrogen-bond acceptors (Lipinski definition) is 16. The molecule has 0 atom stereocenters. The zero-order valence-corrected chi connectivity index (χ0v) is 46.6. The monoisotopic (exact) mass is 1200 g/mol. The Balaban J connectivity index is 1.57. The lowest BCUT2D eigenvalue weighted by atomic mass is 9.78. The minimum Gasteiger partial charge on any atom is -0.481 e. The van der Waals surface area contributed by atoms with Gasteiger partial charge in [0, 0.05) is 77.8 Å². The largest absolute Gasteiger partial charge is 0.481 e. The first-order valence-corrected chi connectivity index (χ1v) is 33.4. The Morgan fingerprint density at radius 2 is 1.08 bits per heavy atom. The maximum Gasteiger partial charge on any atom is 0.303 e. The number of rotatable bonds is 24. The van der Waals surface area contributed by atoms with Gasteiger partial charge in [0.1, 0.15) is 6.54 Å². The van der Waals surface area contributed by atoms with E-state index in [1.54, 1.807) is 56.6 Å². The van der Waals surface area contributed by atoms with Crippen LogP contribution in [0.15, 0.2) is 92.0 Å². The summed E-state index contributed by atoms with van der Waals surface area (Å²) in [6.45, 7) is 5.29. The molecule has 0 amide bonds. The summed E-state index contributed by atoms with van der Waals surface area (Å²) in [7, 11) is -33.6. The number of carbonyl (C=O) groups is 1. The van der Waals surface area contributed by atoms with E-state index < -0.39 is 137 Å². The molecular formula is C44H55N4O21S7+. The predicted octanol–water partition coefficient (Wildman–Crippen LogP) is 3.36. The summed E-state index contributed by atoms with van der Waals surface area (Å²) in [5.74, 6) is -3.79. The molecule has 418 valence electrons. The van der Waals surface area contributed by atoms with Gasteiger partial charge in [-0.2, -0.15) is 46.7 Å². The molecule has 0 unspecified atom stereocenters. The summed E-state index contributed by atoms with van der Waals surface area (Å²) in [6.07, 6.45) is 5.72. The van der Waals surface area contributed by atoms with Crippen LogP contribution in [0.25, 0.3) is 21.5 Å². The summed E-state index contributed by atoms with van der Waals surface area (Å²) < 4.78 is 230. The molecule has 2 aliphatic heterocycles. The average Bonchev–Trinajstić information content (AvgIpc) is 3.61. The number of allylic oxidation sites excluding steroid dienone is 4. The molecule has 0 aliphatic carbocycles. The summed E-state index contributed by atoms with van der Waals surface area (Å²) in [5, 5.41) is 9.15. The van der Waals surface area contributed by atoms with E-state index in [0.29, 0.717) is 59.7 Å². The SMILES string of the molecule is CC1(C)C(=CC=CC2=[N+](CCCS(=O)(=O)O)c3ccc4c(S(=O)(=O)NCCS(=O)(=O)O)cc(S(=O)(=O)O)cc4c3C2(C)C)N(CCCCCC(=O)O)c2ccc3c(S(=O)(=O)NCCS(=O)(=O)O)cc(S(=O)(=O)O)cc3c21. The van der Waals surface area contributed by atoms with Crippen LogP contribution in [0.4, 0.5) is 11.4 Å². The van der Waals surface area contributed by atoms with Crippen molar-refractivity contribution in [1.29, 1.82) is 0 Å². The van der Waals surface area contributed by atoms with E-state index in [4.69, 9.17) is 0 Å². The number of unbranched alkanes of at least 4 members (excludes halogenated alkanes) is 2. The van der Waals surface area contributed by atoms with E-state index in [-0.39, 0.29) is 53.0 Å². The van der Waals surface area contributed by atoms with Crippen LogP contribution in [0.1, 0.15) is 70.9 Å². The van der Waals surface area contributed by atoms with Gasteiger partial charge in [-0.15, -0.1) is 0 Å². The van der Waals surface area contributed by atoms with Gasteiger partial charge in [0.25, 0.3) is 50.6 Å². The highest BCUT2D eigenvalue weighted by atomic mass is 32.2. The Labute approximate surface area is 440 Å². The van der Waals surface area contributed by atoms with Crippen LogP contribution in [0.2, 0.25) is 0 Å². The number of hydrogen-bond donors (Lipinski definition) is 8. The maximum atomic E-state index is 13.8. The first-order chi connectivity index (χ1) is 34.7. The van der Waals surface area contributed by atoms with Gasteiger partial charge in [-0.25, -0.2) is 26.3 Å². The van der Waals surface area contributed by atoms with Crippen LogP contribution in [0.5, 0.6) is 0 Å². The van der Waals surface area contributed by atoms with Crippen molar-refractivity contribution in [2.45, 2.75) is 90.2 Å². The number of nitrogens with one attached hydrogen (secondary N) is 2. The van der Waals surface area contributed by atoms with Crippen LogP contribution >= 0.6 is 0 Å². The second-order valence-electron chi connectivity index (χ2n) is 19.0. The van der Waals surface area contributed by atoms with Gasteiger partial charge in [0.05, 0.1) is 42.3 Å². The fourth-order valence-corrected chi connectivity index (χ4v) is 14.9. The molecule has 0 saturated carbocycles. The molecule has 0 radical (unpaired) electrons. The van der Waals surface area contributed by atoms with E-state index >= 15 is 0 Å². The van der Waals surface area contributed by atoms with Crippen molar-refractivity contribution in [2.75, 3.05) is 48.3 Å². The van der Waals surface area contributed by atoms with Crippen LogP contribution < -0.4 is 14.3 Å². The van der Waals surface area contributed by atoms with Crippen LogP contribution in [0.3, 0.4) is 0 Å². The van der Waals surface area contributed by atoms with E-state index in [9.17, 15) is 91.6 Å². The minimum absolute atomic E-state index is 0.0260. The number of sulfonamides is 2. The molecule has 6 rings (SSSR count). The zero-order chi connectivity index (χ0) is 57.0. The molecule has 25 nitrogen and oxygen atoms in total. The number of nitrogens with zero attached hydrogens (tertiary/aromatic N) is 2. The maximum absolute atomic E-state index is 13.8. The van der Waals surface area contributed by atoms with Crippen molar-refractivity contribution in [3.8, 4) is 0 Å². The summed E-state index contributed by atoms with van der Waals surface area (Å²) >= 11 is 0. The molecule has 2 aliphatic rings. The molecule has 4 aromatic rings. The molecule has 4 aromatic carbocycles. The number of carboxylic acids is 1. The standard InChI is InChI=1S/C44H54N4O21S7/c1-43(2)38(47(19-7-5-6-12-40(49)50)34-15-13-30-32(41(34)43)24-28(75(64,65)66)26-36(30)73(60,61)45-17-22-71(54,55)56)10-8-11-39-44(3,4)42-33-25-29(76(67,68)69)27-37(74(62,63)46-18-23-72(57,58)59)31(33)14-16-35(42)48(39)20-9-21-70(51,52)53/h8,10-11,13-16,24-27,45-46H,5-7,9,12,17-23H2,1-4H3,(H5-,49,50,51,52,53,54,55,56,57,58,59,64,65,66,67,68,69)/p+1. The molecule has 0 aromatic heterocycles. The van der Waals surface area contributed by atoms with Gasteiger partial charge in [0.2, 0.25) is 25.7 Å². The van der Waals surface area contributed by atoms with Crippen molar-refractivity contribution >= 4 is 115 Å². The second kappa shape index (κ2) is 21.4. The molecule has 32 heteroatoms. The third-order valence-electron chi connectivity index (χ3n) is 12.8. The number of carboxylic acid groups (broad SMARTS) is 1. The molecule has 0 spiro atoms. The van der Waals surface area contributed by atoms with Crippen molar-refractivity contribution in [3.05, 3.63) is 83.6 Å². The molecule has 2 heterocycles. The highest BCUT2D eigenvalue weighted by Crippen LogP contribution is 2.52. The normalized spacial score (nSPS) is 16.9. The molecule has 8 N–H and O–H groups in total. The molecule has 76 heavy (non-hydrogen) atoms. The molecular weight excluding hydrogens is 1140 g/mol. The van der Waals surface area contributed by atoms with Crippen LogP contribution in [-0.4, -0.2) is 146 Å². The topological polar surface area (TPSA) is 408 Å². The third kappa shape index (κ3) is 13.5. The quantitative estimate of drug-likeness (QED) is 0.0283. The molecule has 0 fully saturated rings. The van der Waals surface area contributed by atoms with Gasteiger partial charge in [-0.3, -0.25) is 27.6 Å². The highest BCUT2D eigenvalue weighted by molar-refractivity contribution is 7.90. The van der Waals surface area contributed by atoms with Crippen molar-refractivity contribution in [2.24, 2.45) is 0 Å². The first kappa shape index (κ1) is 60.4. The number of benzene rings is 4. The lowest BCUT2D eigenvalue weighted by Crippen LogP contribution is -2.30.